The number of rotatable bonds is 5. The number of hydrogen-bond donors (Lipinski definition) is 1. The Morgan fingerprint density at radius 2 is 2.07 bits per heavy atom. The summed E-state index contributed by atoms with van der Waals surface area (Å²) in [4.78, 5) is 13.5. The number of carbonyl (C=O) groups is 1. The lowest BCUT2D eigenvalue weighted by atomic mass is 10.1. The van der Waals surface area contributed by atoms with E-state index in [0.717, 1.165) is 23.2 Å². The molecule has 1 atom stereocenters. The van der Waals surface area contributed by atoms with Crippen molar-refractivity contribution in [2.45, 2.75) is 44.6 Å². The van der Waals surface area contributed by atoms with E-state index in [1.807, 2.05) is 19.9 Å². The summed E-state index contributed by atoms with van der Waals surface area (Å²) in [6, 6.07) is 8.37. The van der Waals surface area contributed by atoms with Gasteiger partial charge < -0.3 is 14.4 Å². The Morgan fingerprint density at radius 1 is 1.28 bits per heavy atom. The maximum atomic E-state index is 13.0. The minimum Gasteiger partial charge on any atom is -0.492 e. The van der Waals surface area contributed by atoms with E-state index in [-0.39, 0.29) is 16.9 Å². The van der Waals surface area contributed by atoms with Gasteiger partial charge >= 0.3 is 0 Å². The second kappa shape index (κ2) is 7.26. The van der Waals surface area contributed by atoms with Gasteiger partial charge in [0.05, 0.1) is 17.2 Å². The first-order valence-corrected chi connectivity index (χ1v) is 11.2. The third kappa shape index (κ3) is 3.64. The third-order valence-electron chi connectivity index (χ3n) is 5.18. The van der Waals surface area contributed by atoms with Crippen LogP contribution in [0.4, 0.5) is 11.4 Å². The summed E-state index contributed by atoms with van der Waals surface area (Å²) in [5.41, 5.74) is 2.97. The number of hydrogen-bond acceptors (Lipinski definition) is 5. The van der Waals surface area contributed by atoms with Gasteiger partial charge in [-0.2, -0.15) is 0 Å². The molecule has 0 saturated heterocycles. The molecule has 7 nitrogen and oxygen atoms in total. The van der Waals surface area contributed by atoms with Crippen LogP contribution in [0.25, 0.3) is 0 Å². The summed E-state index contributed by atoms with van der Waals surface area (Å²) in [5.74, 6) is 1.10. The molecule has 8 heteroatoms. The first-order valence-electron chi connectivity index (χ1n) is 9.68. The van der Waals surface area contributed by atoms with Gasteiger partial charge in [-0.25, -0.2) is 8.42 Å². The Kier molecular flexibility index (Phi) is 4.90. The molecule has 0 spiro atoms. The van der Waals surface area contributed by atoms with E-state index in [0.29, 0.717) is 36.8 Å². The van der Waals surface area contributed by atoms with Gasteiger partial charge in [-0.05, 0) is 50.1 Å². The topological polar surface area (TPSA) is 84.9 Å². The molecule has 0 unspecified atom stereocenters. The molecular weight excluding hydrogens is 392 g/mol. The first kappa shape index (κ1) is 19.6. The van der Waals surface area contributed by atoms with Crippen molar-refractivity contribution in [1.29, 1.82) is 0 Å². The molecule has 29 heavy (non-hydrogen) atoms. The van der Waals surface area contributed by atoms with Gasteiger partial charge in [0.15, 0.2) is 0 Å². The molecule has 2 heterocycles. The van der Waals surface area contributed by atoms with Crippen LogP contribution in [0.5, 0.6) is 11.5 Å². The smallest absolute Gasteiger partial charge is 0.262 e. The van der Waals surface area contributed by atoms with Crippen molar-refractivity contribution >= 4 is 27.3 Å². The van der Waals surface area contributed by atoms with Crippen LogP contribution in [-0.2, 0) is 27.7 Å². The van der Waals surface area contributed by atoms with E-state index < -0.39 is 10.0 Å². The number of ether oxygens (including phenoxy) is 2. The number of anilines is 2. The second-order valence-corrected chi connectivity index (χ2v) is 9.02. The number of fused-ring (bicyclic) bond motifs is 2. The highest BCUT2D eigenvalue weighted by molar-refractivity contribution is 7.92. The van der Waals surface area contributed by atoms with E-state index in [9.17, 15) is 13.2 Å². The van der Waals surface area contributed by atoms with Crippen LogP contribution < -0.4 is 19.1 Å². The second-order valence-electron chi connectivity index (χ2n) is 7.34. The predicted molar refractivity (Wildman–Crippen MR) is 110 cm³/mol. The summed E-state index contributed by atoms with van der Waals surface area (Å²) >= 11 is 0. The fraction of sp³-hybridized carbons (Fsp3) is 0.381. The van der Waals surface area contributed by atoms with Gasteiger partial charge in [-0.1, -0.05) is 0 Å². The molecule has 4 rings (SSSR count). The average molecular weight is 416 g/mol. The zero-order valence-corrected chi connectivity index (χ0v) is 17.5. The van der Waals surface area contributed by atoms with E-state index in [1.54, 1.807) is 23.1 Å². The molecule has 2 aliphatic heterocycles. The Balaban J connectivity index is 1.66. The number of nitrogens with one attached hydrogen (secondary N) is 1. The SMILES string of the molecule is CCOc1cc2c(cc1NS(=O)(=O)c1ccc3c(c1)CCN3C(C)=O)O[C@H](C)C2. The van der Waals surface area contributed by atoms with Crippen molar-refractivity contribution in [1.82, 2.24) is 0 Å². The van der Waals surface area contributed by atoms with Gasteiger partial charge in [0.2, 0.25) is 5.91 Å². The molecule has 2 aromatic carbocycles. The summed E-state index contributed by atoms with van der Waals surface area (Å²) in [7, 11) is -3.83. The predicted octanol–water partition coefficient (Wildman–Crippen LogP) is 3.12. The van der Waals surface area contributed by atoms with Crippen LogP contribution in [0, 0.1) is 0 Å². The number of carbonyl (C=O) groups excluding carboxylic acids is 1. The molecule has 0 saturated carbocycles. The van der Waals surface area contributed by atoms with Crippen molar-refractivity contribution in [3.05, 3.63) is 41.5 Å². The molecule has 1 amide bonds. The number of nitrogens with zero attached hydrogens (tertiary/aromatic N) is 1. The van der Waals surface area contributed by atoms with E-state index in [1.165, 1.54) is 13.0 Å². The quantitative estimate of drug-likeness (QED) is 0.810. The van der Waals surface area contributed by atoms with Crippen molar-refractivity contribution < 1.29 is 22.7 Å². The van der Waals surface area contributed by atoms with Crippen LogP contribution in [0.3, 0.4) is 0 Å². The summed E-state index contributed by atoms with van der Waals surface area (Å²) < 4.78 is 40.2. The van der Waals surface area contributed by atoms with Gasteiger partial charge in [0, 0.05) is 37.2 Å². The lowest BCUT2D eigenvalue weighted by Gasteiger charge is -2.16. The highest BCUT2D eigenvalue weighted by atomic mass is 32.2. The molecule has 0 bridgehead atoms. The molecule has 0 radical (unpaired) electrons. The van der Waals surface area contributed by atoms with Crippen LogP contribution in [0.15, 0.2) is 35.2 Å². The highest BCUT2D eigenvalue weighted by Crippen LogP contribution is 2.39. The normalized spacial score (nSPS) is 17.5. The molecule has 2 aliphatic rings. The van der Waals surface area contributed by atoms with Crippen molar-refractivity contribution in [3.63, 3.8) is 0 Å². The first-order chi connectivity index (χ1) is 13.8. The van der Waals surface area contributed by atoms with Crippen LogP contribution in [0.2, 0.25) is 0 Å². The fourth-order valence-electron chi connectivity index (χ4n) is 3.87. The monoisotopic (exact) mass is 416 g/mol. The number of sulfonamides is 1. The fourth-order valence-corrected chi connectivity index (χ4v) is 4.98. The van der Waals surface area contributed by atoms with Crippen molar-refractivity contribution in [3.8, 4) is 11.5 Å². The van der Waals surface area contributed by atoms with Crippen LogP contribution in [0.1, 0.15) is 31.9 Å². The molecule has 1 N–H and O–H groups in total. The van der Waals surface area contributed by atoms with E-state index >= 15 is 0 Å². The van der Waals surface area contributed by atoms with Gasteiger partial charge in [-0.15, -0.1) is 0 Å². The molecule has 0 aliphatic carbocycles. The summed E-state index contributed by atoms with van der Waals surface area (Å²) in [5, 5.41) is 0. The van der Waals surface area contributed by atoms with E-state index in [4.69, 9.17) is 9.47 Å². The number of amides is 1. The lowest BCUT2D eigenvalue weighted by Crippen LogP contribution is -2.25. The zero-order valence-electron chi connectivity index (χ0n) is 16.7. The Morgan fingerprint density at radius 3 is 2.79 bits per heavy atom. The maximum absolute atomic E-state index is 13.0. The van der Waals surface area contributed by atoms with Crippen molar-refractivity contribution in [2.24, 2.45) is 0 Å². The Labute approximate surface area is 170 Å². The Hall–Kier alpha value is -2.74. The minimum atomic E-state index is -3.83. The van der Waals surface area contributed by atoms with Crippen LogP contribution >= 0.6 is 0 Å². The van der Waals surface area contributed by atoms with Crippen molar-refractivity contribution in [2.75, 3.05) is 22.8 Å². The average Bonchev–Trinajstić information content (AvgIpc) is 3.23. The summed E-state index contributed by atoms with van der Waals surface area (Å²) in [6.07, 6.45) is 1.44. The van der Waals surface area contributed by atoms with Gasteiger partial charge in [-0.3, -0.25) is 9.52 Å². The third-order valence-corrected chi connectivity index (χ3v) is 6.54. The molecule has 0 aromatic heterocycles. The molecule has 154 valence electrons. The van der Waals surface area contributed by atoms with Gasteiger partial charge in [0.25, 0.3) is 10.0 Å². The molecule has 0 fully saturated rings. The Bertz CT molecular complexity index is 1080. The van der Waals surface area contributed by atoms with Crippen LogP contribution in [-0.4, -0.2) is 33.6 Å². The summed E-state index contributed by atoms with van der Waals surface area (Å²) in [6.45, 7) is 6.32. The highest BCUT2D eigenvalue weighted by Gasteiger charge is 2.27. The van der Waals surface area contributed by atoms with E-state index in [2.05, 4.69) is 4.72 Å². The molecular formula is C21H24N2O5S. The zero-order chi connectivity index (χ0) is 20.8. The standard InChI is InChI=1S/C21H24N2O5S/c1-4-27-21-11-16-9-13(2)28-20(16)12-18(21)22-29(25,26)17-5-6-19-15(10-17)7-8-23(19)14(3)24/h5-6,10-13,22H,4,7-9H2,1-3H3/t13-/m1/s1. The number of benzene rings is 2. The minimum absolute atomic E-state index is 0.0484. The largest absolute Gasteiger partial charge is 0.492 e. The van der Waals surface area contributed by atoms with Gasteiger partial charge in [0.1, 0.15) is 17.6 Å². The maximum Gasteiger partial charge on any atom is 0.262 e. The lowest BCUT2D eigenvalue weighted by molar-refractivity contribution is -0.116. The molecule has 2 aromatic rings.